The second-order valence-electron chi connectivity index (χ2n) is 4.54. The zero-order valence-electron chi connectivity index (χ0n) is 12.6. The number of benzene rings is 1. The lowest BCUT2D eigenvalue weighted by Gasteiger charge is -2.12. The minimum atomic E-state index is -1.16. The largest absolute Gasteiger partial charge is 0.465 e. The first-order valence-corrected chi connectivity index (χ1v) is 7.70. The normalized spacial score (nSPS) is 11.5. The topological polar surface area (TPSA) is 92.1 Å². The highest BCUT2D eigenvalue weighted by Crippen LogP contribution is 2.29. The van der Waals surface area contributed by atoms with Crippen LogP contribution in [-0.4, -0.2) is 23.7 Å². The highest BCUT2D eigenvalue weighted by molar-refractivity contribution is 8.00. The summed E-state index contributed by atoms with van der Waals surface area (Å²) in [5.41, 5.74) is 7.65. The van der Waals surface area contributed by atoms with Crippen molar-refractivity contribution in [2.75, 3.05) is 6.61 Å². The van der Waals surface area contributed by atoms with Gasteiger partial charge in [-0.1, -0.05) is 13.3 Å². The van der Waals surface area contributed by atoms with Gasteiger partial charge < -0.3 is 4.74 Å². The Morgan fingerprint density at radius 2 is 2.09 bits per heavy atom. The van der Waals surface area contributed by atoms with Crippen molar-refractivity contribution in [1.29, 1.82) is 0 Å². The lowest BCUT2D eigenvalue weighted by atomic mass is 10.2. The molecule has 0 aliphatic carbocycles. The van der Waals surface area contributed by atoms with Gasteiger partial charge in [0.05, 0.1) is 12.2 Å². The fourth-order valence-electron chi connectivity index (χ4n) is 1.55. The van der Waals surface area contributed by atoms with Crippen LogP contribution < -0.4 is 0 Å². The number of ether oxygens (including phenoxy) is 1. The maximum atomic E-state index is 13.8. The molecule has 0 spiro atoms. The van der Waals surface area contributed by atoms with E-state index < -0.39 is 34.3 Å². The average Bonchev–Trinajstić information content (AvgIpc) is 2.50. The molecular formula is C14H15F2N3O3S. The third-order valence-electron chi connectivity index (χ3n) is 2.77. The first-order valence-electron chi connectivity index (χ1n) is 6.82. The Balaban J connectivity index is 2.91. The molecular weight excluding hydrogens is 328 g/mol. The monoisotopic (exact) mass is 343 g/mol. The fraction of sp³-hybridized carbons (Fsp3) is 0.429. The van der Waals surface area contributed by atoms with Crippen LogP contribution in [0, 0.1) is 11.6 Å². The maximum absolute atomic E-state index is 13.8. The van der Waals surface area contributed by atoms with E-state index in [0.717, 1.165) is 30.7 Å². The van der Waals surface area contributed by atoms with E-state index in [4.69, 9.17) is 10.3 Å². The lowest BCUT2D eigenvalue weighted by molar-refractivity contribution is -0.142. The Hall–Kier alpha value is -2.12. The number of hydrogen-bond donors (Lipinski definition) is 0. The number of nitrogens with zero attached hydrogens (tertiary/aromatic N) is 3. The average molecular weight is 343 g/mol. The van der Waals surface area contributed by atoms with Gasteiger partial charge in [0.15, 0.2) is 0 Å². The summed E-state index contributed by atoms with van der Waals surface area (Å²) >= 11 is 0.791. The number of halogens is 2. The van der Waals surface area contributed by atoms with Gasteiger partial charge >= 0.3 is 5.97 Å². The minimum Gasteiger partial charge on any atom is -0.465 e. The molecule has 0 fully saturated rings. The van der Waals surface area contributed by atoms with Crippen LogP contribution in [0.2, 0.25) is 0 Å². The molecule has 0 saturated carbocycles. The van der Waals surface area contributed by atoms with E-state index in [0.29, 0.717) is 6.07 Å². The summed E-state index contributed by atoms with van der Waals surface area (Å²) in [6.45, 7) is 3.73. The molecule has 0 aliphatic heterocycles. The molecule has 1 aromatic rings. The molecule has 6 nitrogen and oxygen atoms in total. The number of unbranched alkanes of at least 4 members (excludes halogenated alkanes) is 1. The number of azide groups is 1. The van der Waals surface area contributed by atoms with Gasteiger partial charge in [-0.2, -0.15) is 0 Å². The van der Waals surface area contributed by atoms with Gasteiger partial charge in [-0.15, -0.1) is 11.8 Å². The molecule has 1 atom stereocenters. The molecule has 0 radical (unpaired) electrons. The van der Waals surface area contributed by atoms with Crippen LogP contribution >= 0.6 is 11.8 Å². The Labute approximate surface area is 135 Å². The molecule has 0 N–H and O–H groups in total. The van der Waals surface area contributed by atoms with Crippen LogP contribution in [0.5, 0.6) is 0 Å². The Morgan fingerprint density at radius 3 is 2.70 bits per heavy atom. The molecule has 0 aliphatic rings. The van der Waals surface area contributed by atoms with E-state index >= 15 is 0 Å². The first-order chi connectivity index (χ1) is 10.9. The lowest BCUT2D eigenvalue weighted by Crippen LogP contribution is -2.17. The van der Waals surface area contributed by atoms with Crippen molar-refractivity contribution in [3.63, 3.8) is 0 Å². The van der Waals surface area contributed by atoms with Gasteiger partial charge in [0.2, 0.25) is 0 Å². The zero-order chi connectivity index (χ0) is 17.4. The van der Waals surface area contributed by atoms with Crippen molar-refractivity contribution < 1.29 is 23.1 Å². The van der Waals surface area contributed by atoms with Gasteiger partial charge in [0.25, 0.3) is 5.91 Å². The zero-order valence-corrected chi connectivity index (χ0v) is 13.4. The molecule has 1 rings (SSSR count). The van der Waals surface area contributed by atoms with Crippen LogP contribution in [0.1, 0.15) is 37.0 Å². The first kappa shape index (κ1) is 18.9. The van der Waals surface area contributed by atoms with Crippen molar-refractivity contribution in [2.45, 2.75) is 36.8 Å². The Kier molecular flexibility index (Phi) is 7.50. The Bertz CT molecular complexity index is 648. The van der Waals surface area contributed by atoms with Crippen molar-refractivity contribution in [1.82, 2.24) is 0 Å². The number of rotatable bonds is 7. The number of amides is 1. The van der Waals surface area contributed by atoms with Crippen LogP contribution in [0.15, 0.2) is 22.1 Å². The second-order valence-corrected chi connectivity index (χ2v) is 5.92. The number of carbonyl (C=O) groups excluding carboxylic acids is 2. The summed E-state index contributed by atoms with van der Waals surface area (Å²) in [7, 11) is 0. The molecule has 23 heavy (non-hydrogen) atoms. The summed E-state index contributed by atoms with van der Waals surface area (Å²) in [6, 6.07) is 1.43. The van der Waals surface area contributed by atoms with Crippen LogP contribution in [0.3, 0.4) is 0 Å². The predicted octanol–water partition coefficient (Wildman–Crippen LogP) is 4.24. The standard InChI is InChI=1S/C14H15F2N3O3S/c1-3-4-5-22-14(21)8(2)23-12-6-9(13(20)18-19-17)10(15)7-11(12)16/h6-8H,3-5H2,1-2H3. The third kappa shape index (κ3) is 5.54. The van der Waals surface area contributed by atoms with Crippen LogP contribution in [-0.2, 0) is 9.53 Å². The van der Waals surface area contributed by atoms with Crippen molar-refractivity contribution >= 4 is 23.6 Å². The summed E-state index contributed by atoms with van der Waals surface area (Å²) in [5.74, 6) is -3.75. The second kappa shape index (κ2) is 9.12. The fourth-order valence-corrected chi connectivity index (χ4v) is 2.45. The van der Waals surface area contributed by atoms with Crippen molar-refractivity contribution in [3.05, 3.63) is 39.8 Å². The van der Waals surface area contributed by atoms with E-state index in [9.17, 15) is 18.4 Å². The predicted molar refractivity (Wildman–Crippen MR) is 81.0 cm³/mol. The molecule has 0 heterocycles. The molecule has 1 amide bonds. The number of carbonyl (C=O) groups is 2. The van der Waals surface area contributed by atoms with Gasteiger partial charge in [0, 0.05) is 15.9 Å². The number of hydrogen-bond acceptors (Lipinski definition) is 4. The molecule has 0 bridgehead atoms. The van der Waals surface area contributed by atoms with Crippen LogP contribution in [0.25, 0.3) is 10.4 Å². The van der Waals surface area contributed by atoms with E-state index in [-0.39, 0.29) is 11.5 Å². The summed E-state index contributed by atoms with van der Waals surface area (Å²) in [5, 5.41) is 2.03. The Morgan fingerprint density at radius 1 is 1.39 bits per heavy atom. The third-order valence-corrected chi connectivity index (χ3v) is 3.88. The highest BCUT2D eigenvalue weighted by Gasteiger charge is 2.21. The minimum absolute atomic E-state index is 0.108. The van der Waals surface area contributed by atoms with Crippen molar-refractivity contribution in [3.8, 4) is 0 Å². The molecule has 0 saturated heterocycles. The summed E-state index contributed by atoms with van der Waals surface area (Å²) < 4.78 is 32.3. The van der Waals surface area contributed by atoms with E-state index in [2.05, 4.69) is 10.0 Å². The summed E-state index contributed by atoms with van der Waals surface area (Å²) in [6.07, 6.45) is 1.59. The van der Waals surface area contributed by atoms with Crippen LogP contribution in [0.4, 0.5) is 8.78 Å². The molecule has 9 heteroatoms. The van der Waals surface area contributed by atoms with Crippen molar-refractivity contribution in [2.24, 2.45) is 5.11 Å². The number of esters is 1. The highest BCUT2D eigenvalue weighted by atomic mass is 32.2. The quantitative estimate of drug-likeness (QED) is 0.185. The van der Waals surface area contributed by atoms with Gasteiger partial charge in [-0.3, -0.25) is 9.59 Å². The molecule has 1 unspecified atom stereocenters. The summed E-state index contributed by atoms with van der Waals surface area (Å²) in [4.78, 5) is 25.3. The SMILES string of the molecule is CCCCOC(=O)C(C)Sc1cc(C(=O)N=[N+]=[N-])c(F)cc1F. The number of thioether (sulfide) groups is 1. The van der Waals surface area contributed by atoms with Gasteiger partial charge in [-0.05, 0) is 30.1 Å². The van der Waals surface area contributed by atoms with E-state index in [1.807, 2.05) is 6.92 Å². The molecule has 0 aromatic heterocycles. The van der Waals surface area contributed by atoms with E-state index in [1.165, 1.54) is 6.92 Å². The van der Waals surface area contributed by atoms with Gasteiger partial charge in [0.1, 0.15) is 16.9 Å². The maximum Gasteiger partial charge on any atom is 0.319 e. The smallest absolute Gasteiger partial charge is 0.319 e. The molecule has 1 aromatic carbocycles. The molecule has 124 valence electrons. The van der Waals surface area contributed by atoms with Gasteiger partial charge in [-0.25, -0.2) is 8.78 Å². The van der Waals surface area contributed by atoms with E-state index in [1.54, 1.807) is 0 Å².